The van der Waals surface area contributed by atoms with Gasteiger partial charge < -0.3 is 10.6 Å². The molecule has 0 radical (unpaired) electrons. The molecule has 138 valence electrons. The predicted molar refractivity (Wildman–Crippen MR) is 95.2 cm³/mol. The van der Waals surface area contributed by atoms with Crippen molar-refractivity contribution in [1.29, 1.82) is 0 Å². The number of aromatic nitrogens is 2. The smallest absolute Gasteiger partial charge is 0.272 e. The lowest BCUT2D eigenvalue weighted by atomic mass is 10.1. The van der Waals surface area contributed by atoms with Crippen molar-refractivity contribution in [3.63, 3.8) is 0 Å². The minimum Gasteiger partial charge on any atom is -0.348 e. The highest BCUT2D eigenvalue weighted by atomic mass is 32.2. The van der Waals surface area contributed by atoms with Gasteiger partial charge in [-0.1, -0.05) is 6.92 Å². The Hall–Kier alpha value is -1.54. The van der Waals surface area contributed by atoms with Gasteiger partial charge in [0, 0.05) is 12.6 Å². The van der Waals surface area contributed by atoms with Gasteiger partial charge in [-0.3, -0.25) is 4.79 Å². The highest BCUT2D eigenvalue weighted by Crippen LogP contribution is 2.39. The summed E-state index contributed by atoms with van der Waals surface area (Å²) in [6.07, 6.45) is 5.05. The fourth-order valence-electron chi connectivity index (χ4n) is 3.47. The lowest BCUT2D eigenvalue weighted by molar-refractivity contribution is 0.0923. The van der Waals surface area contributed by atoms with Crippen molar-refractivity contribution in [2.45, 2.75) is 49.8 Å². The van der Waals surface area contributed by atoms with E-state index >= 15 is 0 Å². The zero-order chi connectivity index (χ0) is 18.0. The van der Waals surface area contributed by atoms with Crippen LogP contribution in [0.4, 0.5) is 0 Å². The SMILES string of the molecule is CNCCS(=O)(=O)C1C[C@H](C)[C@H](NC(=O)c2cc(C3CC3)cnn2)C1. The van der Waals surface area contributed by atoms with Gasteiger partial charge in [-0.25, -0.2) is 8.42 Å². The van der Waals surface area contributed by atoms with Crippen LogP contribution in [-0.2, 0) is 9.84 Å². The molecule has 1 amide bonds. The van der Waals surface area contributed by atoms with Crippen LogP contribution in [0.5, 0.6) is 0 Å². The van der Waals surface area contributed by atoms with Crippen LogP contribution in [0, 0.1) is 5.92 Å². The van der Waals surface area contributed by atoms with Crippen LogP contribution in [0.15, 0.2) is 12.3 Å². The summed E-state index contributed by atoms with van der Waals surface area (Å²) in [5.41, 5.74) is 1.38. The standard InChI is InChI=1S/C17H26N4O3S/c1-11-7-14(25(23,24)6-5-18-2)9-15(11)20-17(22)16-8-13(10-19-21-16)12-3-4-12/h8,10-12,14-15,18H,3-7,9H2,1-2H3,(H,20,22)/t11-,14?,15+/m0/s1. The Bertz CT molecular complexity index is 733. The molecular formula is C17H26N4O3S. The number of nitrogens with one attached hydrogen (secondary N) is 2. The Morgan fingerprint density at radius 1 is 1.32 bits per heavy atom. The van der Waals surface area contributed by atoms with Gasteiger partial charge in [0.1, 0.15) is 0 Å². The Morgan fingerprint density at radius 2 is 2.08 bits per heavy atom. The third-order valence-electron chi connectivity index (χ3n) is 5.26. The van der Waals surface area contributed by atoms with Crippen molar-refractivity contribution in [2.24, 2.45) is 5.92 Å². The lowest BCUT2D eigenvalue weighted by Gasteiger charge is -2.17. The Morgan fingerprint density at radius 3 is 2.76 bits per heavy atom. The fraction of sp³-hybridized carbons (Fsp3) is 0.706. The van der Waals surface area contributed by atoms with E-state index in [-0.39, 0.29) is 28.9 Å². The normalized spacial score (nSPS) is 26.6. The highest BCUT2D eigenvalue weighted by molar-refractivity contribution is 7.92. The van der Waals surface area contributed by atoms with Crippen molar-refractivity contribution in [3.8, 4) is 0 Å². The van der Waals surface area contributed by atoms with Crippen molar-refractivity contribution in [2.75, 3.05) is 19.3 Å². The van der Waals surface area contributed by atoms with E-state index in [4.69, 9.17) is 0 Å². The number of carbonyl (C=O) groups is 1. The molecule has 0 saturated heterocycles. The van der Waals surface area contributed by atoms with Gasteiger partial charge in [-0.15, -0.1) is 5.10 Å². The van der Waals surface area contributed by atoms with E-state index in [0.717, 1.165) is 18.4 Å². The van der Waals surface area contributed by atoms with Crippen LogP contribution in [0.1, 0.15) is 54.6 Å². The molecule has 0 aliphatic heterocycles. The monoisotopic (exact) mass is 366 g/mol. The molecule has 1 unspecified atom stereocenters. The fourth-order valence-corrected chi connectivity index (χ4v) is 5.39. The van der Waals surface area contributed by atoms with E-state index < -0.39 is 9.84 Å². The molecule has 1 heterocycles. The first-order valence-electron chi connectivity index (χ1n) is 8.90. The van der Waals surface area contributed by atoms with E-state index in [9.17, 15) is 13.2 Å². The Labute approximate surface area is 148 Å². The van der Waals surface area contributed by atoms with Gasteiger partial charge in [0.2, 0.25) is 0 Å². The average molecular weight is 366 g/mol. The maximum Gasteiger partial charge on any atom is 0.272 e. The highest BCUT2D eigenvalue weighted by Gasteiger charge is 2.39. The molecule has 2 aliphatic carbocycles. The van der Waals surface area contributed by atoms with Gasteiger partial charge >= 0.3 is 0 Å². The van der Waals surface area contributed by atoms with Gasteiger partial charge in [-0.2, -0.15) is 5.10 Å². The number of nitrogens with zero attached hydrogens (tertiary/aromatic N) is 2. The first kappa shape index (κ1) is 18.3. The van der Waals surface area contributed by atoms with Crippen LogP contribution in [-0.4, -0.2) is 55.2 Å². The summed E-state index contributed by atoms with van der Waals surface area (Å²) in [6.45, 7) is 2.44. The summed E-state index contributed by atoms with van der Waals surface area (Å²) < 4.78 is 24.8. The summed E-state index contributed by atoms with van der Waals surface area (Å²) in [7, 11) is -1.40. The third kappa shape index (κ3) is 4.36. The molecule has 2 aliphatic rings. The lowest BCUT2D eigenvalue weighted by Crippen LogP contribution is -2.37. The van der Waals surface area contributed by atoms with Gasteiger partial charge in [0.05, 0.1) is 17.2 Å². The van der Waals surface area contributed by atoms with E-state index in [1.165, 1.54) is 0 Å². The van der Waals surface area contributed by atoms with Crippen LogP contribution < -0.4 is 10.6 Å². The number of carbonyl (C=O) groups excluding carboxylic acids is 1. The van der Waals surface area contributed by atoms with Crippen molar-refractivity contribution in [1.82, 2.24) is 20.8 Å². The average Bonchev–Trinajstić information content (AvgIpc) is 3.38. The number of sulfone groups is 1. The van der Waals surface area contributed by atoms with E-state index in [1.54, 1.807) is 19.3 Å². The number of hydrogen-bond acceptors (Lipinski definition) is 6. The molecule has 2 N–H and O–H groups in total. The molecule has 1 aromatic heterocycles. The van der Waals surface area contributed by atoms with Crippen LogP contribution in [0.25, 0.3) is 0 Å². The molecule has 7 nitrogen and oxygen atoms in total. The van der Waals surface area contributed by atoms with Gasteiger partial charge in [0.25, 0.3) is 5.91 Å². The van der Waals surface area contributed by atoms with Crippen LogP contribution in [0.2, 0.25) is 0 Å². The van der Waals surface area contributed by atoms with Crippen LogP contribution in [0.3, 0.4) is 0 Å². The second-order valence-electron chi connectivity index (χ2n) is 7.27. The van der Waals surface area contributed by atoms with Gasteiger partial charge in [0.15, 0.2) is 15.5 Å². The molecule has 0 bridgehead atoms. The summed E-state index contributed by atoms with van der Waals surface area (Å²) >= 11 is 0. The molecule has 2 saturated carbocycles. The van der Waals surface area contributed by atoms with Crippen LogP contribution >= 0.6 is 0 Å². The molecule has 8 heteroatoms. The summed E-state index contributed by atoms with van der Waals surface area (Å²) in [4.78, 5) is 12.5. The molecule has 1 aromatic rings. The first-order chi connectivity index (χ1) is 11.9. The molecule has 25 heavy (non-hydrogen) atoms. The second kappa shape index (κ2) is 7.37. The van der Waals surface area contributed by atoms with E-state index in [2.05, 4.69) is 20.8 Å². The quantitative estimate of drug-likeness (QED) is 0.743. The van der Waals surface area contributed by atoms with E-state index in [1.807, 2.05) is 6.92 Å². The maximum atomic E-state index is 12.5. The largest absolute Gasteiger partial charge is 0.348 e. The molecule has 2 fully saturated rings. The summed E-state index contributed by atoms with van der Waals surface area (Å²) in [6, 6.07) is 1.66. The molecule has 0 spiro atoms. The summed E-state index contributed by atoms with van der Waals surface area (Å²) in [5.74, 6) is 0.503. The van der Waals surface area contributed by atoms with Gasteiger partial charge in [-0.05, 0) is 56.2 Å². The minimum absolute atomic E-state index is 0.123. The third-order valence-corrected chi connectivity index (χ3v) is 7.43. The molecule has 3 rings (SSSR count). The number of amides is 1. The van der Waals surface area contributed by atoms with E-state index in [0.29, 0.717) is 31.0 Å². The first-order valence-corrected chi connectivity index (χ1v) is 10.6. The zero-order valence-electron chi connectivity index (χ0n) is 14.7. The molecule has 0 aromatic carbocycles. The van der Waals surface area contributed by atoms with Crippen molar-refractivity contribution >= 4 is 15.7 Å². The predicted octanol–water partition coefficient (Wildman–Crippen LogP) is 0.885. The minimum atomic E-state index is -3.14. The molecule has 3 atom stereocenters. The molecular weight excluding hydrogens is 340 g/mol. The van der Waals surface area contributed by atoms with Crippen molar-refractivity contribution < 1.29 is 13.2 Å². The topological polar surface area (TPSA) is 101 Å². The summed E-state index contributed by atoms with van der Waals surface area (Å²) in [5, 5.41) is 13.3. The maximum absolute atomic E-state index is 12.5. The number of rotatable bonds is 7. The Kier molecular flexibility index (Phi) is 5.38. The number of hydrogen-bond donors (Lipinski definition) is 2. The zero-order valence-corrected chi connectivity index (χ0v) is 15.6. The Balaban J connectivity index is 1.62. The second-order valence-corrected chi connectivity index (χ2v) is 9.67. The van der Waals surface area contributed by atoms with Crippen molar-refractivity contribution in [3.05, 3.63) is 23.5 Å².